The Kier molecular flexibility index (Phi) is 6.24. The number of esters is 1. The molecule has 6 nitrogen and oxygen atoms in total. The van der Waals surface area contributed by atoms with E-state index < -0.39 is 6.04 Å². The molecule has 0 aromatic rings. The van der Waals surface area contributed by atoms with Gasteiger partial charge in [0, 0.05) is 26.2 Å². The fourth-order valence-corrected chi connectivity index (χ4v) is 2.08. The summed E-state index contributed by atoms with van der Waals surface area (Å²) in [7, 11) is 1.38. The Balaban J connectivity index is 2.41. The van der Waals surface area contributed by atoms with E-state index in [0.717, 1.165) is 6.42 Å². The molecule has 1 unspecified atom stereocenters. The van der Waals surface area contributed by atoms with E-state index in [4.69, 9.17) is 5.73 Å². The fourth-order valence-electron chi connectivity index (χ4n) is 2.08. The molecule has 1 heterocycles. The van der Waals surface area contributed by atoms with Crippen molar-refractivity contribution in [1.29, 1.82) is 0 Å². The molecule has 0 aliphatic carbocycles. The molecule has 2 N–H and O–H groups in total. The average Bonchev–Trinajstić information content (AvgIpc) is 2.45. The maximum atomic E-state index is 12.2. The van der Waals surface area contributed by atoms with Crippen LogP contribution in [0.1, 0.15) is 20.3 Å². The van der Waals surface area contributed by atoms with Crippen LogP contribution in [0.3, 0.4) is 0 Å². The van der Waals surface area contributed by atoms with Gasteiger partial charge in [-0.25, -0.2) is 0 Å². The number of rotatable bonds is 5. The number of ether oxygens (including phenoxy) is 1. The number of nitrogens with zero attached hydrogens (tertiary/aromatic N) is 2. The number of hydrogen-bond acceptors (Lipinski definition) is 5. The van der Waals surface area contributed by atoms with Crippen molar-refractivity contribution >= 4 is 11.9 Å². The van der Waals surface area contributed by atoms with Crippen molar-refractivity contribution in [3.05, 3.63) is 0 Å². The zero-order valence-electron chi connectivity index (χ0n) is 12.1. The summed E-state index contributed by atoms with van der Waals surface area (Å²) in [5.74, 6) is -0.0243. The lowest BCUT2D eigenvalue weighted by Gasteiger charge is -2.36. The van der Waals surface area contributed by atoms with Crippen LogP contribution in [0.15, 0.2) is 0 Å². The van der Waals surface area contributed by atoms with Crippen molar-refractivity contribution in [3.8, 4) is 0 Å². The third-order valence-electron chi connectivity index (χ3n) is 3.81. The van der Waals surface area contributed by atoms with Crippen molar-refractivity contribution in [3.63, 3.8) is 0 Å². The van der Waals surface area contributed by atoms with Gasteiger partial charge in [-0.05, 0) is 5.92 Å². The Hall–Kier alpha value is -1.14. The molecule has 0 radical (unpaired) electrons. The van der Waals surface area contributed by atoms with E-state index >= 15 is 0 Å². The summed E-state index contributed by atoms with van der Waals surface area (Å²) >= 11 is 0. The van der Waals surface area contributed by atoms with E-state index in [9.17, 15) is 9.59 Å². The van der Waals surface area contributed by atoms with Crippen LogP contribution in [-0.2, 0) is 14.3 Å². The number of piperazine rings is 1. The summed E-state index contributed by atoms with van der Waals surface area (Å²) in [5, 5.41) is 0. The number of methoxy groups -OCH3 is 1. The second kappa shape index (κ2) is 7.45. The topological polar surface area (TPSA) is 75.9 Å². The Morgan fingerprint density at radius 3 is 2.32 bits per heavy atom. The fraction of sp³-hybridized carbons (Fsp3) is 0.846. The minimum atomic E-state index is -0.419. The minimum absolute atomic E-state index is 0.0204. The zero-order chi connectivity index (χ0) is 14.4. The first-order valence-electron chi connectivity index (χ1n) is 6.83. The molecule has 0 spiro atoms. The van der Waals surface area contributed by atoms with Crippen LogP contribution in [0.4, 0.5) is 0 Å². The predicted octanol–water partition coefficient (Wildman–Crippen LogP) is -0.323. The molecule has 1 rings (SSSR count). The largest absolute Gasteiger partial charge is 0.468 e. The maximum absolute atomic E-state index is 12.2. The number of carbonyl (C=O) groups excluding carboxylic acids is 2. The van der Waals surface area contributed by atoms with E-state index in [-0.39, 0.29) is 24.3 Å². The number of hydrogen-bond donors (Lipinski definition) is 1. The minimum Gasteiger partial charge on any atom is -0.468 e. The molecule has 1 fully saturated rings. The summed E-state index contributed by atoms with van der Waals surface area (Å²) in [5.41, 5.74) is 5.96. The first-order chi connectivity index (χ1) is 8.99. The summed E-state index contributed by atoms with van der Waals surface area (Å²) in [6.45, 7) is 6.94. The Labute approximate surface area is 114 Å². The van der Waals surface area contributed by atoms with E-state index in [1.807, 2.05) is 18.7 Å². The van der Waals surface area contributed by atoms with E-state index in [1.165, 1.54) is 7.11 Å². The molecule has 0 aromatic carbocycles. The molecule has 110 valence electrons. The molecular formula is C13H25N3O3. The molecule has 0 aromatic heterocycles. The Morgan fingerprint density at radius 2 is 1.84 bits per heavy atom. The van der Waals surface area contributed by atoms with Crippen LogP contribution in [0.2, 0.25) is 0 Å². The molecule has 19 heavy (non-hydrogen) atoms. The smallest absolute Gasteiger partial charge is 0.319 e. The molecule has 0 bridgehead atoms. The maximum Gasteiger partial charge on any atom is 0.319 e. The molecule has 1 aliphatic heterocycles. The van der Waals surface area contributed by atoms with E-state index in [2.05, 4.69) is 4.74 Å². The molecule has 1 amide bonds. The molecule has 1 saturated heterocycles. The number of carbonyl (C=O) groups is 2. The van der Waals surface area contributed by atoms with Gasteiger partial charge in [0.05, 0.1) is 19.7 Å². The van der Waals surface area contributed by atoms with Crippen molar-refractivity contribution in [1.82, 2.24) is 9.80 Å². The van der Waals surface area contributed by atoms with Crippen LogP contribution >= 0.6 is 0 Å². The summed E-state index contributed by atoms with van der Waals surface area (Å²) < 4.78 is 4.63. The Morgan fingerprint density at radius 1 is 1.26 bits per heavy atom. The first kappa shape index (κ1) is 15.9. The lowest BCUT2D eigenvalue weighted by atomic mass is 9.98. The van der Waals surface area contributed by atoms with Crippen molar-refractivity contribution in [2.45, 2.75) is 26.3 Å². The monoisotopic (exact) mass is 271 g/mol. The van der Waals surface area contributed by atoms with Gasteiger partial charge in [0.25, 0.3) is 0 Å². The van der Waals surface area contributed by atoms with E-state index in [1.54, 1.807) is 4.90 Å². The van der Waals surface area contributed by atoms with Gasteiger partial charge in [0.15, 0.2) is 0 Å². The van der Waals surface area contributed by atoms with Gasteiger partial charge >= 0.3 is 5.97 Å². The summed E-state index contributed by atoms with van der Waals surface area (Å²) in [6, 6.07) is -0.419. The van der Waals surface area contributed by atoms with Gasteiger partial charge in [0.2, 0.25) is 5.91 Å². The van der Waals surface area contributed by atoms with Crippen molar-refractivity contribution in [2.24, 2.45) is 11.7 Å². The van der Waals surface area contributed by atoms with Crippen LogP contribution in [0, 0.1) is 5.92 Å². The summed E-state index contributed by atoms with van der Waals surface area (Å²) in [6.07, 6.45) is 0.898. The standard InChI is InChI=1S/C13H25N3O3/c1-4-10(2)12(14)13(18)16-7-5-15(6-8-16)9-11(17)19-3/h10,12H,4-9,14H2,1-3H3/t10?,12-/m0/s1. The molecule has 0 saturated carbocycles. The lowest BCUT2D eigenvalue weighted by Crippen LogP contribution is -2.55. The molecule has 2 atom stereocenters. The third-order valence-corrected chi connectivity index (χ3v) is 3.81. The highest BCUT2D eigenvalue weighted by Crippen LogP contribution is 2.10. The second-order valence-corrected chi connectivity index (χ2v) is 5.09. The number of nitrogens with two attached hydrogens (primary N) is 1. The average molecular weight is 271 g/mol. The van der Waals surface area contributed by atoms with E-state index in [0.29, 0.717) is 26.2 Å². The van der Waals surface area contributed by atoms with Gasteiger partial charge < -0.3 is 15.4 Å². The normalized spacial score (nSPS) is 19.9. The van der Waals surface area contributed by atoms with Crippen LogP contribution < -0.4 is 5.73 Å². The van der Waals surface area contributed by atoms with Gasteiger partial charge in [-0.3, -0.25) is 14.5 Å². The predicted molar refractivity (Wildman–Crippen MR) is 72.5 cm³/mol. The van der Waals surface area contributed by atoms with Crippen molar-refractivity contribution < 1.29 is 14.3 Å². The zero-order valence-corrected chi connectivity index (χ0v) is 12.1. The van der Waals surface area contributed by atoms with Gasteiger partial charge in [-0.2, -0.15) is 0 Å². The van der Waals surface area contributed by atoms with Crippen LogP contribution in [0.5, 0.6) is 0 Å². The van der Waals surface area contributed by atoms with Gasteiger partial charge in [-0.15, -0.1) is 0 Å². The second-order valence-electron chi connectivity index (χ2n) is 5.09. The Bertz CT molecular complexity index is 314. The number of amides is 1. The molecule has 1 aliphatic rings. The van der Waals surface area contributed by atoms with Gasteiger partial charge in [0.1, 0.15) is 0 Å². The first-order valence-corrected chi connectivity index (χ1v) is 6.83. The highest BCUT2D eigenvalue weighted by atomic mass is 16.5. The third kappa shape index (κ3) is 4.47. The SMILES string of the molecule is CCC(C)[C@H](N)C(=O)N1CCN(CC(=O)OC)CC1. The highest BCUT2D eigenvalue weighted by Gasteiger charge is 2.28. The lowest BCUT2D eigenvalue weighted by molar-refractivity contribution is -0.143. The highest BCUT2D eigenvalue weighted by molar-refractivity contribution is 5.82. The van der Waals surface area contributed by atoms with Crippen molar-refractivity contribution in [2.75, 3.05) is 39.8 Å². The molecular weight excluding hydrogens is 246 g/mol. The van der Waals surface area contributed by atoms with Gasteiger partial charge in [-0.1, -0.05) is 20.3 Å². The summed E-state index contributed by atoms with van der Waals surface area (Å²) in [4.78, 5) is 27.1. The van der Waals surface area contributed by atoms with Crippen LogP contribution in [-0.4, -0.2) is 67.6 Å². The molecule has 6 heteroatoms. The van der Waals surface area contributed by atoms with Crippen LogP contribution in [0.25, 0.3) is 0 Å². The quantitative estimate of drug-likeness (QED) is 0.693.